The molecule has 0 spiro atoms. The number of hydrogen-bond acceptors (Lipinski definition) is 3. The Morgan fingerprint density at radius 1 is 1.47 bits per heavy atom. The van der Waals surface area contributed by atoms with Crippen LogP contribution in [0.4, 0.5) is 0 Å². The molecule has 0 radical (unpaired) electrons. The zero-order chi connectivity index (χ0) is 12.0. The first-order valence-electron chi connectivity index (χ1n) is 6.16. The van der Waals surface area contributed by atoms with E-state index in [1.165, 1.54) is 18.9 Å². The number of aliphatic hydroxyl groups is 1. The molecular weight excluding hydrogens is 216 g/mol. The van der Waals surface area contributed by atoms with Crippen LogP contribution in [0, 0.1) is 0 Å². The van der Waals surface area contributed by atoms with E-state index in [-0.39, 0.29) is 11.9 Å². The monoisotopic (exact) mass is 232 g/mol. The maximum absolute atomic E-state index is 10.9. The normalized spacial score (nSPS) is 29.9. The number of ether oxygens (including phenoxy) is 1. The number of fused-ring (bicyclic) bond motifs is 4. The highest BCUT2D eigenvalue weighted by molar-refractivity contribution is 5.69. The van der Waals surface area contributed by atoms with Gasteiger partial charge in [0.1, 0.15) is 5.75 Å². The van der Waals surface area contributed by atoms with Gasteiger partial charge in [0.2, 0.25) is 0 Å². The molecule has 0 unspecified atom stereocenters. The first-order chi connectivity index (χ1) is 8.11. The Labute approximate surface area is 100 Å². The van der Waals surface area contributed by atoms with Crippen molar-refractivity contribution in [2.45, 2.75) is 44.1 Å². The van der Waals surface area contributed by atoms with Gasteiger partial charge in [-0.1, -0.05) is 18.9 Å². The molecule has 0 aromatic heterocycles. The molecule has 3 heteroatoms. The van der Waals surface area contributed by atoms with E-state index in [1.54, 1.807) is 0 Å². The third-order valence-electron chi connectivity index (χ3n) is 4.01. The molecule has 3 nitrogen and oxygen atoms in total. The van der Waals surface area contributed by atoms with Crippen LogP contribution in [-0.2, 0) is 10.4 Å². The Bertz CT molecular complexity index is 480. The van der Waals surface area contributed by atoms with E-state index >= 15 is 0 Å². The van der Waals surface area contributed by atoms with E-state index in [9.17, 15) is 9.90 Å². The first kappa shape index (κ1) is 10.8. The van der Waals surface area contributed by atoms with Crippen molar-refractivity contribution in [3.8, 4) is 5.75 Å². The zero-order valence-electron chi connectivity index (χ0n) is 9.90. The van der Waals surface area contributed by atoms with Crippen LogP contribution in [-0.4, -0.2) is 11.1 Å². The minimum Gasteiger partial charge on any atom is -0.427 e. The molecule has 0 heterocycles. The highest BCUT2D eigenvalue weighted by atomic mass is 16.5. The van der Waals surface area contributed by atoms with E-state index in [0.717, 1.165) is 24.8 Å². The fourth-order valence-electron chi connectivity index (χ4n) is 3.26. The summed E-state index contributed by atoms with van der Waals surface area (Å²) < 4.78 is 5.06. The molecule has 1 saturated carbocycles. The molecule has 1 fully saturated rings. The largest absolute Gasteiger partial charge is 0.427 e. The number of carbonyl (C=O) groups is 1. The van der Waals surface area contributed by atoms with Crippen LogP contribution in [0.15, 0.2) is 18.2 Å². The summed E-state index contributed by atoms with van der Waals surface area (Å²) >= 11 is 0. The summed E-state index contributed by atoms with van der Waals surface area (Å²) in [5, 5.41) is 10.6. The molecule has 2 aliphatic rings. The van der Waals surface area contributed by atoms with E-state index in [2.05, 4.69) is 0 Å². The smallest absolute Gasteiger partial charge is 0.308 e. The van der Waals surface area contributed by atoms with E-state index in [0.29, 0.717) is 5.75 Å². The van der Waals surface area contributed by atoms with Crippen LogP contribution in [0.5, 0.6) is 5.75 Å². The van der Waals surface area contributed by atoms with Gasteiger partial charge in [0.25, 0.3) is 0 Å². The molecule has 0 amide bonds. The lowest BCUT2D eigenvalue weighted by Gasteiger charge is -2.50. The lowest BCUT2D eigenvalue weighted by molar-refractivity contribution is -0.131. The standard InChI is InChI=1S/C14H16O3/c1-9(15)17-10-5-6-11-12-4-2-3-7-14(12,16)13(11)8-10/h5-6,8,12,16H,2-4,7H2,1H3/t12-,14+/m1/s1. The van der Waals surface area contributed by atoms with Gasteiger partial charge < -0.3 is 9.84 Å². The highest BCUT2D eigenvalue weighted by Gasteiger charge is 2.51. The maximum atomic E-state index is 10.9. The van der Waals surface area contributed by atoms with Crippen molar-refractivity contribution < 1.29 is 14.6 Å². The van der Waals surface area contributed by atoms with Crippen molar-refractivity contribution in [3.05, 3.63) is 29.3 Å². The minimum absolute atomic E-state index is 0.289. The predicted molar refractivity (Wildman–Crippen MR) is 62.9 cm³/mol. The second-order valence-electron chi connectivity index (χ2n) is 5.07. The fourth-order valence-corrected chi connectivity index (χ4v) is 3.26. The molecule has 0 bridgehead atoms. The van der Waals surface area contributed by atoms with Gasteiger partial charge >= 0.3 is 5.97 Å². The molecule has 90 valence electrons. The highest BCUT2D eigenvalue weighted by Crippen LogP contribution is 2.58. The van der Waals surface area contributed by atoms with Crippen molar-refractivity contribution in [1.29, 1.82) is 0 Å². The Balaban J connectivity index is 1.96. The summed E-state index contributed by atoms with van der Waals surface area (Å²) in [6.07, 6.45) is 4.16. The summed E-state index contributed by atoms with van der Waals surface area (Å²) in [5.74, 6) is 0.503. The van der Waals surface area contributed by atoms with Crippen molar-refractivity contribution in [1.82, 2.24) is 0 Å². The SMILES string of the molecule is CC(=O)Oc1ccc2c(c1)[C@]1(O)CCCC[C@H]21. The quantitative estimate of drug-likeness (QED) is 0.597. The molecule has 1 aromatic rings. The summed E-state index contributed by atoms with van der Waals surface area (Å²) in [4.78, 5) is 10.9. The van der Waals surface area contributed by atoms with Crippen LogP contribution in [0.3, 0.4) is 0 Å². The Morgan fingerprint density at radius 2 is 2.29 bits per heavy atom. The van der Waals surface area contributed by atoms with Crippen molar-refractivity contribution >= 4 is 5.97 Å². The van der Waals surface area contributed by atoms with Crippen molar-refractivity contribution in [2.75, 3.05) is 0 Å². The molecule has 1 aromatic carbocycles. The average Bonchev–Trinajstić information content (AvgIpc) is 2.28. The number of carbonyl (C=O) groups excluding carboxylic acids is 1. The second kappa shape index (κ2) is 3.57. The van der Waals surface area contributed by atoms with Gasteiger partial charge in [0.05, 0.1) is 5.60 Å². The lowest BCUT2D eigenvalue weighted by Crippen LogP contribution is -2.45. The van der Waals surface area contributed by atoms with Crippen LogP contribution < -0.4 is 4.74 Å². The third-order valence-corrected chi connectivity index (χ3v) is 4.01. The molecular formula is C14H16O3. The number of rotatable bonds is 1. The molecule has 0 aliphatic heterocycles. The number of benzene rings is 1. The van der Waals surface area contributed by atoms with Gasteiger partial charge in [-0.3, -0.25) is 4.79 Å². The van der Waals surface area contributed by atoms with Gasteiger partial charge in [-0.15, -0.1) is 0 Å². The first-order valence-corrected chi connectivity index (χ1v) is 6.16. The van der Waals surface area contributed by atoms with E-state index in [1.807, 2.05) is 18.2 Å². The zero-order valence-corrected chi connectivity index (χ0v) is 9.90. The molecule has 2 atom stereocenters. The summed E-state index contributed by atoms with van der Waals surface area (Å²) in [6.45, 7) is 1.39. The van der Waals surface area contributed by atoms with Crippen LogP contribution >= 0.6 is 0 Å². The van der Waals surface area contributed by atoms with Crippen LogP contribution in [0.1, 0.15) is 49.7 Å². The van der Waals surface area contributed by atoms with Gasteiger partial charge in [-0.05, 0) is 36.1 Å². The number of esters is 1. The summed E-state index contributed by atoms with van der Waals surface area (Å²) in [7, 11) is 0. The molecule has 1 N–H and O–H groups in total. The van der Waals surface area contributed by atoms with Gasteiger partial charge in [0, 0.05) is 12.8 Å². The number of hydrogen-bond donors (Lipinski definition) is 1. The molecule has 3 rings (SSSR count). The predicted octanol–water partition coefficient (Wildman–Crippen LogP) is 2.47. The van der Waals surface area contributed by atoms with Crippen LogP contribution in [0.2, 0.25) is 0 Å². The summed E-state index contributed by atoms with van der Waals surface area (Å²) in [5.41, 5.74) is 1.52. The molecule has 17 heavy (non-hydrogen) atoms. The van der Waals surface area contributed by atoms with Gasteiger partial charge in [0.15, 0.2) is 0 Å². The van der Waals surface area contributed by atoms with Gasteiger partial charge in [-0.25, -0.2) is 0 Å². The second-order valence-corrected chi connectivity index (χ2v) is 5.07. The van der Waals surface area contributed by atoms with E-state index in [4.69, 9.17) is 4.74 Å². The Hall–Kier alpha value is -1.35. The van der Waals surface area contributed by atoms with E-state index < -0.39 is 5.60 Å². The third kappa shape index (κ3) is 1.49. The molecule has 2 aliphatic carbocycles. The van der Waals surface area contributed by atoms with Gasteiger partial charge in [-0.2, -0.15) is 0 Å². The lowest BCUT2D eigenvalue weighted by atomic mass is 9.58. The Kier molecular flexibility index (Phi) is 2.26. The van der Waals surface area contributed by atoms with Crippen LogP contribution in [0.25, 0.3) is 0 Å². The maximum Gasteiger partial charge on any atom is 0.308 e. The van der Waals surface area contributed by atoms with Crippen molar-refractivity contribution in [3.63, 3.8) is 0 Å². The van der Waals surface area contributed by atoms with Crippen molar-refractivity contribution in [2.24, 2.45) is 0 Å². The average molecular weight is 232 g/mol. The topological polar surface area (TPSA) is 46.5 Å². The minimum atomic E-state index is -0.663. The fraction of sp³-hybridized carbons (Fsp3) is 0.500. The molecule has 0 saturated heterocycles. The summed E-state index contributed by atoms with van der Waals surface area (Å²) in [6, 6.07) is 5.62. The Morgan fingerprint density at radius 3 is 3.06 bits per heavy atom.